The van der Waals surface area contributed by atoms with Gasteiger partial charge >= 0.3 is 0 Å². The average molecular weight is 1330 g/mol. The SMILES string of the molecule is C1CCOC1.C1CCOC1.[Sm].c1ccc(Cc2c(Cc3ccccc3)c(Cc3ccccc3)[c-](Cc3ccccc3)c2Cc2ccccc2)cc1.c1ccc(Cc2c(Cc3ccccc3)c(Cc3ccccc3)[c-](Cc3ccccc3)c2Cc2ccccc2)cc1. The van der Waals surface area contributed by atoms with E-state index in [4.69, 9.17) is 9.47 Å². The van der Waals surface area contributed by atoms with Crippen molar-refractivity contribution < 1.29 is 49.9 Å². The molecule has 12 aromatic carbocycles. The summed E-state index contributed by atoms with van der Waals surface area (Å²) in [5.74, 6) is 0. The normalized spacial score (nSPS) is 12.3. The molecule has 0 bridgehead atoms. The van der Waals surface area contributed by atoms with Gasteiger partial charge in [-0.3, -0.25) is 0 Å². The summed E-state index contributed by atoms with van der Waals surface area (Å²) in [4.78, 5) is 0. The van der Waals surface area contributed by atoms with Crippen LogP contribution in [-0.4, -0.2) is 26.4 Å². The number of ether oxygens (including phenoxy) is 2. The molecule has 2 saturated heterocycles. The number of benzene rings is 10. The molecule has 2 aliphatic heterocycles. The van der Waals surface area contributed by atoms with Gasteiger partial charge in [0.1, 0.15) is 0 Å². The van der Waals surface area contributed by atoms with Crippen LogP contribution in [-0.2, 0) is 73.7 Å². The van der Waals surface area contributed by atoms with E-state index in [2.05, 4.69) is 303 Å². The summed E-state index contributed by atoms with van der Waals surface area (Å²) in [7, 11) is 0. The Bertz CT molecular complexity index is 3030. The van der Waals surface area contributed by atoms with Crippen LogP contribution < -0.4 is 0 Å². The first-order valence-corrected chi connectivity index (χ1v) is 32.8. The van der Waals surface area contributed by atoms with Gasteiger partial charge in [-0.15, -0.1) is 11.1 Å². The second-order valence-electron chi connectivity index (χ2n) is 24.0. The Morgan fingerprint density at radius 2 is 0.352 bits per heavy atom. The van der Waals surface area contributed by atoms with E-state index in [9.17, 15) is 0 Å². The van der Waals surface area contributed by atoms with Crippen LogP contribution in [0, 0.1) is 40.4 Å². The summed E-state index contributed by atoms with van der Waals surface area (Å²) >= 11 is 0. The molecule has 0 aromatic heterocycles. The van der Waals surface area contributed by atoms with Gasteiger partial charge in [0.15, 0.2) is 0 Å². The average Bonchev–Trinajstić information content (AvgIpc) is 1.66. The van der Waals surface area contributed by atoms with E-state index in [-0.39, 0.29) is 40.4 Å². The van der Waals surface area contributed by atoms with Gasteiger partial charge in [0.2, 0.25) is 0 Å². The number of rotatable bonds is 20. The van der Waals surface area contributed by atoms with E-state index in [0.717, 1.165) is 90.6 Å². The summed E-state index contributed by atoms with van der Waals surface area (Å²) in [6, 6.07) is 110. The summed E-state index contributed by atoms with van der Waals surface area (Å²) in [6.07, 6.45) is 14.6. The van der Waals surface area contributed by atoms with E-state index in [1.54, 1.807) is 0 Å². The van der Waals surface area contributed by atoms with Crippen LogP contribution in [0.5, 0.6) is 0 Å². The van der Waals surface area contributed by atoms with Crippen molar-refractivity contribution in [2.45, 2.75) is 89.9 Å². The summed E-state index contributed by atoms with van der Waals surface area (Å²) in [5.41, 5.74) is 28.8. The van der Waals surface area contributed by atoms with Gasteiger partial charge in [0.25, 0.3) is 0 Å². The molecule has 0 atom stereocenters. The molecule has 2 aliphatic rings. The fourth-order valence-corrected chi connectivity index (χ4v) is 13.0. The van der Waals surface area contributed by atoms with Gasteiger partial charge in [0.05, 0.1) is 0 Å². The largest absolute Gasteiger partial charge is 0.381 e. The van der Waals surface area contributed by atoms with Gasteiger partial charge in [0, 0.05) is 66.8 Å². The second kappa shape index (κ2) is 36.3. The third kappa shape index (κ3) is 20.1. The maximum Gasteiger partial charge on any atom is 0.0466 e. The third-order valence-corrected chi connectivity index (χ3v) is 17.5. The van der Waals surface area contributed by atoms with Crippen molar-refractivity contribution in [1.82, 2.24) is 0 Å². The van der Waals surface area contributed by atoms with Crippen molar-refractivity contribution in [1.29, 1.82) is 0 Å². The van der Waals surface area contributed by atoms with Crippen molar-refractivity contribution in [3.8, 4) is 0 Å². The van der Waals surface area contributed by atoms with Crippen molar-refractivity contribution in [2.24, 2.45) is 0 Å². The van der Waals surface area contributed by atoms with Crippen molar-refractivity contribution in [3.63, 3.8) is 0 Å². The van der Waals surface area contributed by atoms with Crippen LogP contribution in [0.15, 0.2) is 303 Å². The fraction of sp³-hybridized carbons (Fsp3) is 0.205. The van der Waals surface area contributed by atoms with Crippen LogP contribution in [0.1, 0.15) is 137 Å². The predicted molar refractivity (Wildman–Crippen MR) is 377 cm³/mol. The first kappa shape index (κ1) is 66.1. The Morgan fingerprint density at radius 3 is 0.505 bits per heavy atom. The van der Waals surface area contributed by atoms with Crippen LogP contribution in [0.25, 0.3) is 0 Å². The minimum atomic E-state index is 0. The summed E-state index contributed by atoms with van der Waals surface area (Å²) < 4.78 is 9.89. The molecule has 14 rings (SSSR count). The minimum Gasteiger partial charge on any atom is -0.381 e. The minimum absolute atomic E-state index is 0. The van der Waals surface area contributed by atoms with Crippen LogP contribution in [0.2, 0.25) is 0 Å². The first-order chi connectivity index (χ1) is 44.7. The Labute approximate surface area is 575 Å². The third-order valence-electron chi connectivity index (χ3n) is 17.5. The van der Waals surface area contributed by atoms with E-state index >= 15 is 0 Å². The first-order valence-electron chi connectivity index (χ1n) is 32.8. The molecular formula is C88H86O2Sm-2. The van der Waals surface area contributed by atoms with E-state index in [1.165, 1.54) is 137 Å². The van der Waals surface area contributed by atoms with Crippen LogP contribution in [0.4, 0.5) is 0 Å². The van der Waals surface area contributed by atoms with Gasteiger partial charge < -0.3 is 9.47 Å². The Kier molecular flexibility index (Phi) is 26.3. The van der Waals surface area contributed by atoms with E-state index in [0.29, 0.717) is 0 Å². The van der Waals surface area contributed by atoms with Crippen molar-refractivity contribution in [3.05, 3.63) is 415 Å². The predicted octanol–water partition coefficient (Wildman–Crippen LogP) is 20.3. The summed E-state index contributed by atoms with van der Waals surface area (Å²) in [6.45, 7) is 4.00. The molecular weight excluding hydrogens is 1240 g/mol. The molecule has 2 heterocycles. The van der Waals surface area contributed by atoms with Crippen LogP contribution in [0.3, 0.4) is 0 Å². The molecule has 0 amide bonds. The molecule has 12 aromatic rings. The van der Waals surface area contributed by atoms with E-state index in [1.807, 2.05) is 0 Å². The standard InChI is InChI=1S/2C40H35.2C4H8O.Sm/c2*1-6-16-31(17-7-1)26-36-37(27-32-18-8-2-9-19-32)39(29-34-22-12-4-13-23-34)40(30-35-24-14-5-15-25-35)38(36)28-33-20-10-3-11-21-33;2*1-2-4-5-3-1;/h2*1-25H,26-30H2;2*1-4H2;/q2*-1;;;. The Hall–Kier alpha value is -7.84. The molecule has 91 heavy (non-hydrogen) atoms. The molecule has 458 valence electrons. The number of hydrogen-bond acceptors (Lipinski definition) is 2. The van der Waals surface area contributed by atoms with Crippen molar-refractivity contribution >= 4 is 0 Å². The zero-order valence-corrected chi connectivity index (χ0v) is 55.4. The quantitative estimate of drug-likeness (QED) is 0.0708. The van der Waals surface area contributed by atoms with Gasteiger partial charge in [-0.1, -0.05) is 362 Å². The molecule has 3 heteroatoms. The topological polar surface area (TPSA) is 18.5 Å². The maximum absolute atomic E-state index is 4.94. The zero-order chi connectivity index (χ0) is 61.0. The Balaban J connectivity index is 0.000000171. The molecule has 0 unspecified atom stereocenters. The monoisotopic (exact) mass is 1330 g/mol. The molecule has 2 fully saturated rings. The van der Waals surface area contributed by atoms with Gasteiger partial charge in [-0.05, 0) is 86.5 Å². The molecule has 0 radical (unpaired) electrons. The molecule has 0 aliphatic carbocycles. The van der Waals surface area contributed by atoms with Gasteiger partial charge in [-0.25, -0.2) is 0 Å². The Morgan fingerprint density at radius 1 is 0.198 bits per heavy atom. The fourth-order valence-electron chi connectivity index (χ4n) is 13.0. The molecule has 0 spiro atoms. The zero-order valence-electron chi connectivity index (χ0n) is 52.8. The van der Waals surface area contributed by atoms with E-state index < -0.39 is 0 Å². The van der Waals surface area contributed by atoms with Crippen LogP contribution >= 0.6 is 0 Å². The number of hydrogen-bond donors (Lipinski definition) is 0. The maximum atomic E-state index is 4.94. The summed E-state index contributed by atoms with van der Waals surface area (Å²) in [5, 5.41) is 0. The molecule has 0 N–H and O–H groups in total. The molecule has 2 nitrogen and oxygen atoms in total. The second-order valence-corrected chi connectivity index (χ2v) is 24.0. The molecule has 0 saturated carbocycles. The van der Waals surface area contributed by atoms with Gasteiger partial charge in [-0.2, -0.15) is 44.5 Å². The van der Waals surface area contributed by atoms with Crippen molar-refractivity contribution in [2.75, 3.05) is 26.4 Å². The smallest absolute Gasteiger partial charge is 0.0466 e.